The fraction of sp³-hybridized carbons (Fsp3) is 0.400. The van der Waals surface area contributed by atoms with Crippen LogP contribution in [0, 0.1) is 5.92 Å². The number of halogens is 1. The number of unbranched alkanes of at least 4 members (excludes halogenated alkanes) is 4. The first-order valence-corrected chi connectivity index (χ1v) is 21.5. The number of amides is 5. The second kappa shape index (κ2) is 18.6. The third-order valence-electron chi connectivity index (χ3n) is 12.0. The molecule has 2 fully saturated rings. The van der Waals surface area contributed by atoms with Gasteiger partial charge in [-0.1, -0.05) is 31.4 Å². The molecule has 3 unspecified atom stereocenters. The number of rotatable bonds is 18. The summed E-state index contributed by atoms with van der Waals surface area (Å²) in [6.07, 6.45) is 11.3. The molecule has 6 heterocycles. The summed E-state index contributed by atoms with van der Waals surface area (Å²) in [6.45, 7) is 0.516. The summed E-state index contributed by atoms with van der Waals surface area (Å²) in [5.41, 5.74) is 4.27. The zero-order valence-corrected chi connectivity index (χ0v) is 35.2. The molecule has 5 aromatic rings. The number of imide groups is 1. The fourth-order valence-electron chi connectivity index (χ4n) is 8.26. The van der Waals surface area contributed by atoms with E-state index in [1.165, 1.54) is 27.0 Å². The molecule has 17 nitrogen and oxygen atoms in total. The number of benzene rings is 1. The Balaban J connectivity index is 0.775. The van der Waals surface area contributed by atoms with Crippen molar-refractivity contribution in [2.24, 2.45) is 5.92 Å². The molecule has 0 bridgehead atoms. The van der Waals surface area contributed by atoms with E-state index in [1.54, 1.807) is 55.5 Å². The number of imidazole rings is 1. The van der Waals surface area contributed by atoms with Gasteiger partial charge in [0, 0.05) is 63.5 Å². The number of carbonyl (C=O) groups excluding carboxylic acids is 5. The van der Waals surface area contributed by atoms with Gasteiger partial charge in [-0.25, -0.2) is 18.9 Å². The van der Waals surface area contributed by atoms with Crippen LogP contribution in [0.25, 0.3) is 11.5 Å². The molecule has 1 saturated carbocycles. The lowest BCUT2D eigenvalue weighted by atomic mass is 9.87. The number of likely N-dealkylation sites (N-methyl/N-ethyl adjacent to an activating group) is 1. The number of nitrogens with zero attached hydrogens (tertiary/aromatic N) is 6. The van der Waals surface area contributed by atoms with Gasteiger partial charge < -0.3 is 26.2 Å². The third kappa shape index (κ3) is 9.44. The molecule has 2 aliphatic heterocycles. The number of anilines is 4. The number of alkyl halides is 1. The predicted molar refractivity (Wildman–Crippen MR) is 233 cm³/mol. The van der Waals surface area contributed by atoms with Crippen molar-refractivity contribution >= 4 is 58.1 Å². The smallest absolute Gasteiger partial charge is 0.279 e. The van der Waals surface area contributed by atoms with Gasteiger partial charge in [0.25, 0.3) is 17.4 Å². The van der Waals surface area contributed by atoms with Crippen molar-refractivity contribution in [2.45, 2.75) is 88.8 Å². The molecule has 0 spiro atoms. The number of aryl methyl sites for hydroxylation is 1. The minimum atomic E-state index is -1.06. The molecule has 5 N–H and O–H groups in total. The standard InChI is InChI=1S/C45H50FN11O6/c1-47-34-23-37(54-57-36(25-50-40(34)57)43(61)52-33-22-31(33)46)51-32-10-8-20-56(45(32)63)38-17-13-28(24-49-38)41(59)48-19-7-5-3-4-6-9-26-11-15-29-30(44(62)55(2)35(29)21-26)16-12-27-14-18-39(58)53-42(27)60/h8,10-11,13,15,17,20-21,23-25,27,30-31,33,47H,3-7,9,12,14,16,18-19,22H2,1-2H3,(H,48,59)(H,51,54)(H,52,61)(H,53,58,60)/t27?,30?,31?,33-/m1/s1. The molecule has 1 saturated heterocycles. The Labute approximate surface area is 362 Å². The molecule has 5 amide bonds. The maximum atomic E-state index is 13.6. The summed E-state index contributed by atoms with van der Waals surface area (Å²) >= 11 is 0. The van der Waals surface area contributed by atoms with Gasteiger partial charge in [0.05, 0.1) is 29.4 Å². The molecule has 8 rings (SSSR count). The molecular weight excluding hydrogens is 810 g/mol. The van der Waals surface area contributed by atoms with Crippen LogP contribution in [0.15, 0.2) is 71.9 Å². The highest BCUT2D eigenvalue weighted by Gasteiger charge is 2.39. The Hall–Kier alpha value is -6.98. The van der Waals surface area contributed by atoms with Crippen molar-refractivity contribution in [2.75, 3.05) is 36.2 Å². The third-order valence-corrected chi connectivity index (χ3v) is 12.0. The van der Waals surface area contributed by atoms with E-state index in [2.05, 4.69) is 53.8 Å². The van der Waals surface area contributed by atoms with Crippen LogP contribution in [0.2, 0.25) is 0 Å². The van der Waals surface area contributed by atoms with Gasteiger partial charge in [0.1, 0.15) is 17.7 Å². The zero-order chi connectivity index (χ0) is 44.2. The van der Waals surface area contributed by atoms with E-state index in [0.717, 1.165) is 49.8 Å². The van der Waals surface area contributed by atoms with E-state index in [0.29, 0.717) is 54.9 Å². The summed E-state index contributed by atoms with van der Waals surface area (Å²) in [4.78, 5) is 86.5. The Morgan fingerprint density at radius 2 is 1.73 bits per heavy atom. The first-order chi connectivity index (χ1) is 30.5. The topological polar surface area (TPSA) is 214 Å². The number of hydrogen-bond acceptors (Lipinski definition) is 11. The molecule has 18 heteroatoms. The zero-order valence-electron chi connectivity index (χ0n) is 35.2. The summed E-state index contributed by atoms with van der Waals surface area (Å²) in [7, 11) is 3.49. The van der Waals surface area contributed by atoms with E-state index in [-0.39, 0.29) is 59.1 Å². The average molecular weight is 860 g/mol. The second-order valence-electron chi connectivity index (χ2n) is 16.4. The Morgan fingerprint density at radius 1 is 0.921 bits per heavy atom. The lowest BCUT2D eigenvalue weighted by molar-refractivity contribution is -0.136. The van der Waals surface area contributed by atoms with Crippen LogP contribution in [0.4, 0.5) is 27.3 Å². The van der Waals surface area contributed by atoms with Crippen LogP contribution in [-0.4, -0.2) is 86.5 Å². The van der Waals surface area contributed by atoms with E-state index in [9.17, 15) is 33.2 Å². The van der Waals surface area contributed by atoms with Crippen molar-refractivity contribution in [3.05, 3.63) is 99.9 Å². The van der Waals surface area contributed by atoms with Crippen LogP contribution in [0.1, 0.15) is 102 Å². The summed E-state index contributed by atoms with van der Waals surface area (Å²) < 4.78 is 16.1. The molecule has 4 aromatic heterocycles. The van der Waals surface area contributed by atoms with Gasteiger partial charge >= 0.3 is 0 Å². The van der Waals surface area contributed by atoms with Gasteiger partial charge in [0.15, 0.2) is 17.2 Å². The maximum Gasteiger partial charge on any atom is 0.279 e. The largest absolute Gasteiger partial charge is 0.385 e. The molecule has 0 radical (unpaired) electrons. The minimum absolute atomic E-state index is 0.0419. The molecule has 63 heavy (non-hydrogen) atoms. The lowest BCUT2D eigenvalue weighted by Crippen LogP contribution is -2.40. The normalized spacial score (nSPS) is 19.2. The van der Waals surface area contributed by atoms with Crippen molar-refractivity contribution in [3.63, 3.8) is 0 Å². The molecule has 1 aliphatic carbocycles. The number of carbonyl (C=O) groups is 5. The van der Waals surface area contributed by atoms with Crippen LogP contribution >= 0.6 is 0 Å². The predicted octanol–water partition coefficient (Wildman–Crippen LogP) is 4.72. The highest BCUT2D eigenvalue weighted by Crippen LogP contribution is 2.41. The lowest BCUT2D eigenvalue weighted by Gasteiger charge is -2.21. The Morgan fingerprint density at radius 3 is 2.49 bits per heavy atom. The van der Waals surface area contributed by atoms with Gasteiger partial charge in [0.2, 0.25) is 17.7 Å². The molecule has 328 valence electrons. The summed E-state index contributed by atoms with van der Waals surface area (Å²) in [5.74, 6) is -1.14. The summed E-state index contributed by atoms with van der Waals surface area (Å²) in [6, 6.07) is 13.8. The molecule has 4 atom stereocenters. The van der Waals surface area contributed by atoms with Gasteiger partial charge in [-0.05, 0) is 80.0 Å². The van der Waals surface area contributed by atoms with Crippen molar-refractivity contribution < 1.29 is 28.4 Å². The number of nitrogens with one attached hydrogen (secondary N) is 5. The maximum absolute atomic E-state index is 13.6. The number of piperidine rings is 1. The number of fused-ring (bicyclic) bond motifs is 2. The molecule has 3 aliphatic rings. The number of hydrogen-bond donors (Lipinski definition) is 5. The van der Waals surface area contributed by atoms with E-state index in [1.807, 2.05) is 6.07 Å². The average Bonchev–Trinajstić information content (AvgIpc) is 3.70. The summed E-state index contributed by atoms with van der Waals surface area (Å²) in [5, 5.41) is 18.5. The fourth-order valence-corrected chi connectivity index (χ4v) is 8.26. The molecule has 1 aromatic carbocycles. The van der Waals surface area contributed by atoms with Gasteiger partial charge in [-0.2, -0.15) is 0 Å². The second-order valence-corrected chi connectivity index (χ2v) is 16.4. The van der Waals surface area contributed by atoms with Gasteiger partial charge in [-0.15, -0.1) is 5.10 Å². The van der Waals surface area contributed by atoms with Crippen molar-refractivity contribution in [1.29, 1.82) is 0 Å². The number of aromatic nitrogens is 5. The van der Waals surface area contributed by atoms with Crippen LogP contribution < -0.4 is 37.0 Å². The number of pyridine rings is 2. The highest BCUT2D eigenvalue weighted by molar-refractivity contribution is 6.05. The highest BCUT2D eigenvalue weighted by atomic mass is 19.1. The van der Waals surface area contributed by atoms with E-state index in [4.69, 9.17) is 0 Å². The van der Waals surface area contributed by atoms with Crippen molar-refractivity contribution in [1.82, 2.24) is 40.1 Å². The van der Waals surface area contributed by atoms with Crippen LogP contribution in [0.3, 0.4) is 0 Å². The first-order valence-electron chi connectivity index (χ1n) is 21.5. The Bertz CT molecular complexity index is 2630. The first kappa shape index (κ1) is 42.7. The monoisotopic (exact) mass is 859 g/mol. The SMILES string of the molecule is CNc1cc(Nc2cccn(-c3ccc(C(=O)NCCCCCCCc4ccc5c(c4)N(C)C(=O)C5CCC4CCC(=O)NC4=O)cn3)c2=O)nn2c(C(=O)N[C@@H]3CC3F)cnc12. The van der Waals surface area contributed by atoms with Crippen LogP contribution in [-0.2, 0) is 20.8 Å². The molecular formula is C45H50FN11O6. The Kier molecular flexibility index (Phi) is 12.6. The minimum Gasteiger partial charge on any atom is -0.385 e. The van der Waals surface area contributed by atoms with E-state index >= 15 is 0 Å². The van der Waals surface area contributed by atoms with Crippen LogP contribution in [0.5, 0.6) is 0 Å². The van der Waals surface area contributed by atoms with Crippen molar-refractivity contribution in [3.8, 4) is 5.82 Å². The van der Waals surface area contributed by atoms with E-state index < -0.39 is 23.7 Å². The van der Waals surface area contributed by atoms with Gasteiger partial charge in [-0.3, -0.25) is 38.7 Å². The quantitative estimate of drug-likeness (QED) is 0.0601.